The Morgan fingerprint density at radius 1 is 1.03 bits per heavy atom. The molecule has 0 bridgehead atoms. The van der Waals surface area contributed by atoms with Crippen LogP contribution < -0.4 is 4.74 Å². The normalized spacial score (nSPS) is 21.6. The van der Waals surface area contributed by atoms with Crippen LogP contribution >= 0.6 is 11.8 Å². The Morgan fingerprint density at radius 3 is 2.26 bits per heavy atom. The summed E-state index contributed by atoms with van der Waals surface area (Å²) >= 11 is 1.10. The first kappa shape index (κ1) is 24.9. The van der Waals surface area contributed by atoms with E-state index in [4.69, 9.17) is 24.2 Å². The summed E-state index contributed by atoms with van der Waals surface area (Å²) in [5.74, 6) is -3.00. The first-order valence-corrected chi connectivity index (χ1v) is 11.1. The maximum absolute atomic E-state index is 14.8. The van der Waals surface area contributed by atoms with Crippen molar-refractivity contribution in [3.63, 3.8) is 0 Å². The second-order valence-corrected chi connectivity index (χ2v) is 8.28. The van der Waals surface area contributed by atoms with Crippen LogP contribution in [0.25, 0.3) is 11.3 Å². The van der Waals surface area contributed by atoms with Crippen molar-refractivity contribution >= 4 is 29.7 Å². The predicted octanol–water partition coefficient (Wildman–Crippen LogP) is 2.40. The minimum Gasteiger partial charge on any atom is -0.471 e. The van der Waals surface area contributed by atoms with Gasteiger partial charge in [-0.25, -0.2) is 9.97 Å². The fraction of sp³-hybridized carbons (Fsp3) is 0.364. The van der Waals surface area contributed by atoms with Gasteiger partial charge in [-0.3, -0.25) is 14.4 Å². The van der Waals surface area contributed by atoms with Crippen molar-refractivity contribution in [3.8, 4) is 23.1 Å². The van der Waals surface area contributed by atoms with E-state index in [1.54, 1.807) is 6.07 Å². The van der Waals surface area contributed by atoms with Gasteiger partial charge in [0.2, 0.25) is 0 Å². The molecule has 1 aliphatic rings. The van der Waals surface area contributed by atoms with Gasteiger partial charge in [0.15, 0.2) is 29.5 Å². The van der Waals surface area contributed by atoms with Crippen molar-refractivity contribution in [3.05, 3.63) is 42.1 Å². The lowest BCUT2D eigenvalue weighted by Crippen LogP contribution is -2.55. The highest BCUT2D eigenvalue weighted by Gasteiger charge is 2.48. The smallest absolute Gasteiger partial charge is 0.303 e. The lowest BCUT2D eigenvalue weighted by atomic mass is 10.1. The van der Waals surface area contributed by atoms with Crippen molar-refractivity contribution in [2.24, 2.45) is 0 Å². The first-order valence-electron chi connectivity index (χ1n) is 10.0. The van der Waals surface area contributed by atoms with Gasteiger partial charge >= 0.3 is 17.9 Å². The van der Waals surface area contributed by atoms with E-state index in [0.29, 0.717) is 5.56 Å². The van der Waals surface area contributed by atoms with Gasteiger partial charge in [0, 0.05) is 38.3 Å². The Hall–Kier alpha value is -3.72. The molecule has 3 rings (SSSR count). The molecule has 1 saturated heterocycles. The third-order valence-electron chi connectivity index (χ3n) is 4.54. The molecule has 0 radical (unpaired) electrons. The van der Waals surface area contributed by atoms with Gasteiger partial charge in [0.25, 0.3) is 5.95 Å². The second-order valence-electron chi connectivity index (χ2n) is 7.14. The number of rotatable bonds is 6. The van der Waals surface area contributed by atoms with Crippen LogP contribution in [0.1, 0.15) is 26.5 Å². The van der Waals surface area contributed by atoms with E-state index in [1.807, 2.05) is 6.07 Å². The monoisotopic (exact) mass is 489 g/mol. The molecule has 2 aromatic rings. The molecule has 3 heterocycles. The number of ether oxygens (including phenoxy) is 4. The van der Waals surface area contributed by atoms with Crippen LogP contribution in [0.4, 0.5) is 4.39 Å². The molecule has 4 atom stereocenters. The lowest BCUT2D eigenvalue weighted by molar-refractivity contribution is -0.186. The minimum absolute atomic E-state index is 0.143. The zero-order chi connectivity index (χ0) is 24.8. The standard InChI is InChI=1S/C22H20FN3O7S/c1-11(27)30-18-10-34-22(20(32-13(3)29)19(18)31-12(2)28)33-17-7-6-16(26-21(17)23)14-4-5-15(8-24)25-9-14/h4-7,9,18-20,22H,10H2,1-3H3/t18-,19+,20-,22-/m1/s1. The molecule has 34 heavy (non-hydrogen) atoms. The molecule has 0 N–H and O–H groups in total. The van der Waals surface area contributed by atoms with Crippen molar-refractivity contribution in [2.75, 3.05) is 5.75 Å². The van der Waals surface area contributed by atoms with Crippen LogP contribution in [0, 0.1) is 17.3 Å². The lowest BCUT2D eigenvalue weighted by Gasteiger charge is -2.39. The summed E-state index contributed by atoms with van der Waals surface area (Å²) in [5.41, 5.74) is -0.0148. The van der Waals surface area contributed by atoms with Crippen LogP contribution in [-0.4, -0.2) is 57.4 Å². The number of pyridine rings is 2. The second kappa shape index (κ2) is 10.9. The summed E-state index contributed by atoms with van der Waals surface area (Å²) < 4.78 is 36.4. The molecule has 0 unspecified atom stereocenters. The average molecular weight is 489 g/mol. The van der Waals surface area contributed by atoms with Gasteiger partial charge in [0.1, 0.15) is 11.8 Å². The molecule has 1 aliphatic heterocycles. The van der Waals surface area contributed by atoms with Crippen LogP contribution in [0.2, 0.25) is 0 Å². The number of aromatic nitrogens is 2. The summed E-state index contributed by atoms with van der Waals surface area (Å²) in [6.07, 6.45) is -1.85. The van der Waals surface area contributed by atoms with Crippen molar-refractivity contribution in [1.82, 2.24) is 9.97 Å². The van der Waals surface area contributed by atoms with Crippen molar-refractivity contribution in [1.29, 1.82) is 5.26 Å². The van der Waals surface area contributed by atoms with Crippen molar-refractivity contribution < 1.29 is 37.7 Å². The number of thioether (sulfide) groups is 1. The van der Waals surface area contributed by atoms with E-state index in [1.165, 1.54) is 31.3 Å². The van der Waals surface area contributed by atoms with E-state index in [-0.39, 0.29) is 22.9 Å². The summed E-state index contributed by atoms with van der Waals surface area (Å²) in [6.45, 7) is 3.52. The van der Waals surface area contributed by atoms with Gasteiger partial charge in [-0.2, -0.15) is 9.65 Å². The molecule has 1 fully saturated rings. The number of hydrogen-bond acceptors (Lipinski definition) is 11. The van der Waals surface area contributed by atoms with E-state index < -0.39 is 47.6 Å². The molecular formula is C22H20FN3O7S. The molecule has 10 nitrogen and oxygen atoms in total. The molecule has 0 aromatic carbocycles. The maximum Gasteiger partial charge on any atom is 0.303 e. The Kier molecular flexibility index (Phi) is 8.01. The van der Waals surface area contributed by atoms with Gasteiger partial charge < -0.3 is 18.9 Å². The minimum atomic E-state index is -1.19. The highest BCUT2D eigenvalue weighted by molar-refractivity contribution is 7.99. The third-order valence-corrected chi connectivity index (χ3v) is 5.75. The van der Waals surface area contributed by atoms with Crippen molar-refractivity contribution in [2.45, 2.75) is 44.5 Å². The van der Waals surface area contributed by atoms with E-state index in [2.05, 4.69) is 9.97 Å². The molecule has 0 amide bonds. The van der Waals surface area contributed by atoms with Crippen LogP contribution in [0.15, 0.2) is 30.5 Å². The molecule has 12 heteroatoms. The fourth-order valence-corrected chi connectivity index (χ4v) is 4.43. The van der Waals surface area contributed by atoms with E-state index in [0.717, 1.165) is 25.6 Å². The highest BCUT2D eigenvalue weighted by Crippen LogP contribution is 2.35. The van der Waals surface area contributed by atoms with Gasteiger partial charge in [0.05, 0.1) is 5.69 Å². The topological polar surface area (TPSA) is 138 Å². The van der Waals surface area contributed by atoms with Gasteiger partial charge in [-0.1, -0.05) is 0 Å². The Morgan fingerprint density at radius 2 is 1.71 bits per heavy atom. The number of halogens is 1. The quantitative estimate of drug-likeness (QED) is 0.336. The molecule has 0 saturated carbocycles. The SMILES string of the molecule is CC(=O)O[C@@H]1[C@@H](OC(C)=O)[C@H](OC(C)=O)CS[C@H]1Oc1ccc(-c2ccc(C#N)nc2)nc1F. The molecule has 178 valence electrons. The number of esters is 3. The molecule has 2 aromatic heterocycles. The Bertz CT molecular complexity index is 1120. The summed E-state index contributed by atoms with van der Waals surface area (Å²) in [7, 11) is 0. The van der Waals surface area contributed by atoms with Gasteiger partial charge in [-0.15, -0.1) is 11.8 Å². The molecular weight excluding hydrogens is 469 g/mol. The highest BCUT2D eigenvalue weighted by atomic mass is 32.2. The fourth-order valence-electron chi connectivity index (χ4n) is 3.22. The number of carbonyl (C=O) groups excluding carboxylic acids is 3. The zero-order valence-corrected chi connectivity index (χ0v) is 19.2. The summed E-state index contributed by atoms with van der Waals surface area (Å²) in [6, 6.07) is 7.81. The first-order chi connectivity index (χ1) is 16.2. The average Bonchev–Trinajstić information content (AvgIpc) is 2.78. The van der Waals surface area contributed by atoms with E-state index >= 15 is 0 Å². The largest absolute Gasteiger partial charge is 0.471 e. The number of hydrogen-bond donors (Lipinski definition) is 0. The predicted molar refractivity (Wildman–Crippen MR) is 116 cm³/mol. The van der Waals surface area contributed by atoms with Gasteiger partial charge in [-0.05, 0) is 24.3 Å². The Labute approximate surface area is 198 Å². The summed E-state index contributed by atoms with van der Waals surface area (Å²) in [5, 5.41) is 8.85. The summed E-state index contributed by atoms with van der Waals surface area (Å²) in [4.78, 5) is 42.7. The zero-order valence-electron chi connectivity index (χ0n) is 18.4. The number of carbonyl (C=O) groups is 3. The van der Waals surface area contributed by atoms with Crippen LogP contribution in [0.5, 0.6) is 5.75 Å². The Balaban J connectivity index is 1.85. The van der Waals surface area contributed by atoms with E-state index in [9.17, 15) is 18.8 Å². The molecule has 0 spiro atoms. The van der Waals surface area contributed by atoms with Crippen LogP contribution in [0.3, 0.4) is 0 Å². The number of nitriles is 1. The number of nitrogens with zero attached hydrogens (tertiary/aromatic N) is 3. The maximum atomic E-state index is 14.8. The third kappa shape index (κ3) is 6.20. The van der Waals surface area contributed by atoms with Crippen LogP contribution in [-0.2, 0) is 28.6 Å². The molecule has 0 aliphatic carbocycles.